The van der Waals surface area contributed by atoms with Crippen LogP contribution in [0, 0.1) is 11.3 Å². The molecule has 0 aliphatic heterocycles. The molecule has 0 spiro atoms. The number of hydrogen-bond acceptors (Lipinski definition) is 0. The Morgan fingerprint density at radius 1 is 0.882 bits per heavy atom. The highest BCUT2D eigenvalue weighted by molar-refractivity contribution is 4.91. The first-order valence-corrected chi connectivity index (χ1v) is 7.32. The van der Waals surface area contributed by atoms with Crippen LogP contribution in [0.4, 0.5) is 0 Å². The first-order valence-electron chi connectivity index (χ1n) is 7.32. The number of quaternary nitrogens is 1. The van der Waals surface area contributed by atoms with Crippen LogP contribution in [0.2, 0.25) is 0 Å². The highest BCUT2D eigenvalue weighted by Gasteiger charge is 2.44. The molecule has 0 amide bonds. The summed E-state index contributed by atoms with van der Waals surface area (Å²) in [5.41, 5.74) is 0.721. The predicted molar refractivity (Wildman–Crippen MR) is 70.4 cm³/mol. The molecule has 2 aliphatic carbocycles. The number of rotatable bonds is 3. The zero-order chi connectivity index (χ0) is 11.6. The van der Waals surface area contributed by atoms with E-state index >= 15 is 0 Å². The maximum Gasteiger partial charge on any atom is 0.0840 e. The van der Waals surface area contributed by atoms with Crippen LogP contribution in [0.5, 0.6) is 0 Å². The molecule has 0 aromatic carbocycles. The molecular weight excluding hydrogens is 321 g/mol. The summed E-state index contributed by atoms with van der Waals surface area (Å²) < 4.78 is 1.16. The molecule has 1 nitrogen and oxygen atoms in total. The molecule has 2 rings (SSSR count). The Hall–Kier alpha value is 0.690. The lowest BCUT2D eigenvalue weighted by Gasteiger charge is -2.43. The van der Waals surface area contributed by atoms with E-state index in [4.69, 9.17) is 0 Å². The van der Waals surface area contributed by atoms with Crippen molar-refractivity contribution in [1.82, 2.24) is 0 Å². The van der Waals surface area contributed by atoms with E-state index < -0.39 is 0 Å². The quantitative estimate of drug-likeness (QED) is 0.522. The molecule has 0 bridgehead atoms. The zero-order valence-corrected chi connectivity index (χ0v) is 14.1. The van der Waals surface area contributed by atoms with Gasteiger partial charge in [-0.3, -0.25) is 0 Å². The van der Waals surface area contributed by atoms with Crippen molar-refractivity contribution < 1.29 is 28.5 Å². The van der Waals surface area contributed by atoms with Crippen LogP contribution in [0.3, 0.4) is 0 Å². The van der Waals surface area contributed by atoms with Gasteiger partial charge in [0, 0.05) is 5.41 Å². The van der Waals surface area contributed by atoms with E-state index in [1.165, 1.54) is 64.3 Å². The summed E-state index contributed by atoms with van der Waals surface area (Å²) in [5, 5.41) is 0. The third-order valence-electron chi connectivity index (χ3n) is 4.86. The highest BCUT2D eigenvalue weighted by Crippen LogP contribution is 2.50. The van der Waals surface area contributed by atoms with E-state index in [-0.39, 0.29) is 24.0 Å². The van der Waals surface area contributed by atoms with Crippen LogP contribution in [-0.4, -0.2) is 32.2 Å². The first kappa shape index (κ1) is 15.7. The molecular formula is C15H30IN. The van der Waals surface area contributed by atoms with Gasteiger partial charge in [-0.1, -0.05) is 32.1 Å². The van der Waals surface area contributed by atoms with Gasteiger partial charge < -0.3 is 28.5 Å². The predicted octanol–water partition coefficient (Wildman–Crippen LogP) is 0.837. The fraction of sp³-hybridized carbons (Fsp3) is 1.00. The second kappa shape index (κ2) is 6.23. The van der Waals surface area contributed by atoms with Crippen molar-refractivity contribution in [2.75, 3.05) is 27.7 Å². The highest BCUT2D eigenvalue weighted by atomic mass is 127. The van der Waals surface area contributed by atoms with Gasteiger partial charge in [0.1, 0.15) is 0 Å². The molecule has 0 aromatic heterocycles. The Balaban J connectivity index is 0.00000144. The second-order valence-electron chi connectivity index (χ2n) is 7.35. The largest absolute Gasteiger partial charge is 1.00 e. The van der Waals surface area contributed by atoms with Crippen LogP contribution < -0.4 is 24.0 Å². The molecule has 102 valence electrons. The van der Waals surface area contributed by atoms with Crippen LogP contribution in [0.15, 0.2) is 0 Å². The van der Waals surface area contributed by atoms with E-state index in [0.29, 0.717) is 0 Å². The van der Waals surface area contributed by atoms with E-state index in [0.717, 1.165) is 15.8 Å². The molecule has 0 saturated heterocycles. The van der Waals surface area contributed by atoms with Crippen molar-refractivity contribution in [2.45, 2.75) is 57.8 Å². The number of hydrogen-bond donors (Lipinski definition) is 0. The SMILES string of the molecule is C[N+](C)(C)CC1(C2CCCCC2)CCCC1.[I-]. The zero-order valence-electron chi connectivity index (χ0n) is 12.0. The van der Waals surface area contributed by atoms with Gasteiger partial charge in [0.05, 0.1) is 27.7 Å². The monoisotopic (exact) mass is 351 g/mol. The third kappa shape index (κ3) is 4.09. The van der Waals surface area contributed by atoms with Gasteiger partial charge in [-0.2, -0.15) is 0 Å². The summed E-state index contributed by atoms with van der Waals surface area (Å²) in [7, 11) is 7.13. The molecule has 0 atom stereocenters. The standard InChI is InChI=1S/C15H30N.HI/c1-16(2,3)13-15(11-7-8-12-15)14-9-5-4-6-10-14;/h14H,4-13H2,1-3H3;1H/q+1;/p-1. The van der Waals surface area contributed by atoms with Crippen molar-refractivity contribution in [3.63, 3.8) is 0 Å². The van der Waals surface area contributed by atoms with Gasteiger partial charge in [0.25, 0.3) is 0 Å². The molecule has 17 heavy (non-hydrogen) atoms. The lowest BCUT2D eigenvalue weighted by molar-refractivity contribution is -0.878. The average molecular weight is 351 g/mol. The maximum absolute atomic E-state index is 2.38. The normalized spacial score (nSPS) is 25.6. The van der Waals surface area contributed by atoms with E-state index in [1.807, 2.05) is 0 Å². The number of halogens is 1. The minimum absolute atomic E-state index is 0. The van der Waals surface area contributed by atoms with Crippen molar-refractivity contribution in [1.29, 1.82) is 0 Å². The van der Waals surface area contributed by atoms with Gasteiger partial charge in [0.2, 0.25) is 0 Å². The molecule has 2 heteroatoms. The van der Waals surface area contributed by atoms with Gasteiger partial charge in [-0.25, -0.2) is 0 Å². The average Bonchev–Trinajstić information content (AvgIpc) is 2.66. The van der Waals surface area contributed by atoms with Gasteiger partial charge in [-0.05, 0) is 31.6 Å². The van der Waals surface area contributed by atoms with Crippen LogP contribution in [0.25, 0.3) is 0 Å². The minimum atomic E-state index is 0. The molecule has 0 aromatic rings. The molecule has 0 N–H and O–H groups in total. The van der Waals surface area contributed by atoms with Crippen LogP contribution >= 0.6 is 0 Å². The summed E-state index contributed by atoms with van der Waals surface area (Å²) in [6.07, 6.45) is 13.6. The fourth-order valence-electron chi connectivity index (χ4n) is 4.43. The third-order valence-corrected chi connectivity index (χ3v) is 4.86. The van der Waals surface area contributed by atoms with E-state index in [2.05, 4.69) is 21.1 Å². The molecule has 2 fully saturated rings. The van der Waals surface area contributed by atoms with Crippen molar-refractivity contribution in [3.05, 3.63) is 0 Å². The Labute approximate surface area is 125 Å². The van der Waals surface area contributed by atoms with Crippen molar-refractivity contribution in [3.8, 4) is 0 Å². The summed E-state index contributed by atoms with van der Waals surface area (Å²) >= 11 is 0. The Morgan fingerprint density at radius 2 is 1.41 bits per heavy atom. The second-order valence-corrected chi connectivity index (χ2v) is 7.35. The van der Waals surface area contributed by atoms with Gasteiger partial charge in [-0.15, -0.1) is 0 Å². The summed E-state index contributed by atoms with van der Waals surface area (Å²) in [6.45, 7) is 1.41. The lowest BCUT2D eigenvalue weighted by atomic mass is 9.67. The number of nitrogens with zero attached hydrogens (tertiary/aromatic N) is 1. The first-order chi connectivity index (χ1) is 7.52. The van der Waals surface area contributed by atoms with Crippen LogP contribution in [-0.2, 0) is 0 Å². The molecule has 2 aliphatic rings. The smallest absolute Gasteiger partial charge is 0.0840 e. The van der Waals surface area contributed by atoms with Crippen LogP contribution in [0.1, 0.15) is 57.8 Å². The summed E-state index contributed by atoms with van der Waals surface area (Å²) in [6, 6.07) is 0. The van der Waals surface area contributed by atoms with Gasteiger partial charge in [0.15, 0.2) is 0 Å². The molecule has 0 unspecified atom stereocenters. The van der Waals surface area contributed by atoms with Gasteiger partial charge >= 0.3 is 0 Å². The molecule has 0 heterocycles. The maximum atomic E-state index is 2.38. The Morgan fingerprint density at radius 3 is 1.88 bits per heavy atom. The summed E-state index contributed by atoms with van der Waals surface area (Å²) in [5.74, 6) is 1.06. The summed E-state index contributed by atoms with van der Waals surface area (Å²) in [4.78, 5) is 0. The van der Waals surface area contributed by atoms with Crippen molar-refractivity contribution >= 4 is 0 Å². The fourth-order valence-corrected chi connectivity index (χ4v) is 4.43. The molecule has 2 saturated carbocycles. The van der Waals surface area contributed by atoms with E-state index in [1.54, 1.807) is 0 Å². The lowest BCUT2D eigenvalue weighted by Crippen LogP contribution is -3.00. The van der Waals surface area contributed by atoms with E-state index in [9.17, 15) is 0 Å². The Bertz CT molecular complexity index is 220. The Kier molecular flexibility index (Phi) is 5.77. The molecule has 0 radical (unpaired) electrons. The van der Waals surface area contributed by atoms with Crippen molar-refractivity contribution in [2.24, 2.45) is 11.3 Å². The minimum Gasteiger partial charge on any atom is -1.00 e. The topological polar surface area (TPSA) is 0 Å².